The van der Waals surface area contributed by atoms with E-state index in [1.54, 1.807) is 0 Å². The summed E-state index contributed by atoms with van der Waals surface area (Å²) in [6.45, 7) is 0. The van der Waals surface area contributed by atoms with Gasteiger partial charge in [0.2, 0.25) is 5.91 Å². The predicted molar refractivity (Wildman–Crippen MR) is 83.1 cm³/mol. The van der Waals surface area contributed by atoms with Crippen LogP contribution >= 0.6 is 23.4 Å². The molecule has 0 heterocycles. The molecule has 0 atom stereocenters. The van der Waals surface area contributed by atoms with Gasteiger partial charge in [0.1, 0.15) is 0 Å². The van der Waals surface area contributed by atoms with Crippen molar-refractivity contribution in [3.63, 3.8) is 0 Å². The first-order valence-electron chi connectivity index (χ1n) is 6.90. The van der Waals surface area contributed by atoms with E-state index in [-0.39, 0.29) is 5.91 Å². The maximum atomic E-state index is 11.6. The molecular weight excluding hydrogens is 278 g/mol. The zero-order valence-electron chi connectivity index (χ0n) is 11.0. The minimum atomic E-state index is 0.0387. The van der Waals surface area contributed by atoms with Gasteiger partial charge in [-0.2, -0.15) is 0 Å². The van der Waals surface area contributed by atoms with Crippen LogP contribution in [0.25, 0.3) is 0 Å². The third-order valence-electron chi connectivity index (χ3n) is 3.28. The first-order chi connectivity index (χ1) is 9.28. The van der Waals surface area contributed by atoms with E-state index < -0.39 is 0 Å². The monoisotopic (exact) mass is 297 g/mol. The molecular formula is C15H20ClNOS. The Bertz CT molecular complexity index is 401. The summed E-state index contributed by atoms with van der Waals surface area (Å²) in [6.07, 6.45) is 6.62. The zero-order chi connectivity index (χ0) is 13.5. The number of thioether (sulfide) groups is 1. The fourth-order valence-electron chi connectivity index (χ4n) is 2.27. The van der Waals surface area contributed by atoms with E-state index in [2.05, 4.69) is 17.4 Å². The maximum Gasteiger partial charge on any atom is 0.224 e. The lowest BCUT2D eigenvalue weighted by Crippen LogP contribution is -2.11. The molecule has 1 aromatic carbocycles. The highest BCUT2D eigenvalue weighted by atomic mass is 35.5. The van der Waals surface area contributed by atoms with Crippen molar-refractivity contribution in [1.29, 1.82) is 0 Å². The van der Waals surface area contributed by atoms with Gasteiger partial charge in [0, 0.05) is 28.1 Å². The van der Waals surface area contributed by atoms with E-state index >= 15 is 0 Å². The first-order valence-corrected chi connectivity index (χ1v) is 8.32. The number of halogens is 1. The Kier molecular flexibility index (Phi) is 6.05. The lowest BCUT2D eigenvalue weighted by molar-refractivity contribution is -0.116. The Balaban J connectivity index is 1.82. The van der Waals surface area contributed by atoms with E-state index in [1.807, 2.05) is 23.9 Å². The van der Waals surface area contributed by atoms with Crippen molar-refractivity contribution in [2.24, 2.45) is 0 Å². The third-order valence-corrected chi connectivity index (χ3v) is 4.90. The van der Waals surface area contributed by atoms with Crippen LogP contribution in [-0.2, 0) is 4.79 Å². The Labute approximate surface area is 124 Å². The van der Waals surface area contributed by atoms with Gasteiger partial charge in [0.05, 0.1) is 0 Å². The molecule has 0 spiro atoms. The average molecular weight is 298 g/mol. The highest BCUT2D eigenvalue weighted by Gasteiger charge is 2.15. The molecule has 4 heteroatoms. The number of nitrogens with one attached hydrogen (secondary N) is 1. The summed E-state index contributed by atoms with van der Waals surface area (Å²) in [5.74, 6) is 0.571. The number of alkyl halides is 1. The second-order valence-electron chi connectivity index (χ2n) is 4.89. The molecule has 2 rings (SSSR count). The molecule has 2 nitrogen and oxygen atoms in total. The van der Waals surface area contributed by atoms with E-state index in [0.717, 1.165) is 17.4 Å². The number of benzene rings is 1. The van der Waals surface area contributed by atoms with Crippen molar-refractivity contribution < 1.29 is 4.79 Å². The quantitative estimate of drug-likeness (QED) is 0.773. The summed E-state index contributed by atoms with van der Waals surface area (Å²) in [6, 6.07) is 8.16. The molecule has 1 amide bonds. The SMILES string of the molecule is O=C(CCCCl)Nc1ccc(SC2CCCC2)cc1. The summed E-state index contributed by atoms with van der Waals surface area (Å²) in [7, 11) is 0. The summed E-state index contributed by atoms with van der Waals surface area (Å²) in [4.78, 5) is 12.9. The van der Waals surface area contributed by atoms with E-state index in [9.17, 15) is 4.79 Å². The highest BCUT2D eigenvalue weighted by Crippen LogP contribution is 2.34. The number of hydrogen-bond donors (Lipinski definition) is 1. The number of hydrogen-bond acceptors (Lipinski definition) is 2. The van der Waals surface area contributed by atoms with Gasteiger partial charge in [-0.25, -0.2) is 0 Å². The Morgan fingerprint density at radius 2 is 1.95 bits per heavy atom. The summed E-state index contributed by atoms with van der Waals surface area (Å²) >= 11 is 7.53. The number of carbonyl (C=O) groups is 1. The van der Waals surface area contributed by atoms with Gasteiger partial charge in [-0.3, -0.25) is 4.79 Å². The van der Waals surface area contributed by atoms with Crippen LogP contribution in [0.1, 0.15) is 38.5 Å². The molecule has 1 N–H and O–H groups in total. The summed E-state index contributed by atoms with van der Waals surface area (Å²) in [5.41, 5.74) is 0.871. The minimum absolute atomic E-state index is 0.0387. The number of anilines is 1. The molecule has 1 fully saturated rings. The molecule has 0 bridgehead atoms. The van der Waals surface area contributed by atoms with Crippen LogP contribution in [0.15, 0.2) is 29.2 Å². The molecule has 0 aliphatic heterocycles. The molecule has 1 saturated carbocycles. The van der Waals surface area contributed by atoms with Gasteiger partial charge < -0.3 is 5.32 Å². The second-order valence-corrected chi connectivity index (χ2v) is 6.64. The first kappa shape index (κ1) is 14.7. The average Bonchev–Trinajstić information content (AvgIpc) is 2.91. The molecule has 1 aliphatic carbocycles. The van der Waals surface area contributed by atoms with Gasteiger partial charge in [-0.1, -0.05) is 12.8 Å². The molecule has 0 unspecified atom stereocenters. The van der Waals surface area contributed by atoms with Crippen molar-refractivity contribution >= 4 is 35.0 Å². The van der Waals surface area contributed by atoms with Crippen LogP contribution in [0.3, 0.4) is 0 Å². The molecule has 1 aromatic rings. The van der Waals surface area contributed by atoms with Crippen LogP contribution in [-0.4, -0.2) is 17.0 Å². The van der Waals surface area contributed by atoms with Crippen molar-refractivity contribution in [2.75, 3.05) is 11.2 Å². The van der Waals surface area contributed by atoms with E-state index in [0.29, 0.717) is 12.3 Å². The Morgan fingerprint density at radius 3 is 2.58 bits per heavy atom. The number of rotatable bonds is 6. The third kappa shape index (κ3) is 5.07. The molecule has 1 aliphatic rings. The van der Waals surface area contributed by atoms with Crippen LogP contribution in [0.2, 0.25) is 0 Å². The van der Waals surface area contributed by atoms with Gasteiger partial charge in [-0.15, -0.1) is 23.4 Å². The van der Waals surface area contributed by atoms with Crippen molar-refractivity contribution in [1.82, 2.24) is 0 Å². The fourth-order valence-corrected chi connectivity index (χ4v) is 3.65. The smallest absolute Gasteiger partial charge is 0.224 e. The number of carbonyl (C=O) groups excluding carboxylic acids is 1. The van der Waals surface area contributed by atoms with Crippen LogP contribution in [0.4, 0.5) is 5.69 Å². The molecule has 19 heavy (non-hydrogen) atoms. The predicted octanol–water partition coefficient (Wildman–Crippen LogP) is 4.68. The summed E-state index contributed by atoms with van der Waals surface area (Å²) in [5, 5.41) is 3.67. The van der Waals surface area contributed by atoms with E-state index in [4.69, 9.17) is 11.6 Å². The Morgan fingerprint density at radius 1 is 1.26 bits per heavy atom. The van der Waals surface area contributed by atoms with Gasteiger partial charge in [0.25, 0.3) is 0 Å². The van der Waals surface area contributed by atoms with Crippen LogP contribution < -0.4 is 5.32 Å². The molecule has 0 saturated heterocycles. The van der Waals surface area contributed by atoms with Gasteiger partial charge >= 0.3 is 0 Å². The van der Waals surface area contributed by atoms with Crippen LogP contribution in [0.5, 0.6) is 0 Å². The number of amides is 1. The fraction of sp³-hybridized carbons (Fsp3) is 0.533. The largest absolute Gasteiger partial charge is 0.326 e. The van der Waals surface area contributed by atoms with E-state index in [1.165, 1.54) is 30.6 Å². The topological polar surface area (TPSA) is 29.1 Å². The van der Waals surface area contributed by atoms with Gasteiger partial charge in [0.15, 0.2) is 0 Å². The second kappa shape index (κ2) is 7.81. The maximum absolute atomic E-state index is 11.6. The molecule has 0 radical (unpaired) electrons. The van der Waals surface area contributed by atoms with Gasteiger partial charge in [-0.05, 0) is 43.5 Å². The highest BCUT2D eigenvalue weighted by molar-refractivity contribution is 8.00. The molecule has 104 valence electrons. The lowest BCUT2D eigenvalue weighted by atomic mass is 10.3. The molecule has 0 aromatic heterocycles. The Hall–Kier alpha value is -0.670. The van der Waals surface area contributed by atoms with Crippen LogP contribution in [0, 0.1) is 0 Å². The minimum Gasteiger partial charge on any atom is -0.326 e. The summed E-state index contributed by atoms with van der Waals surface area (Å²) < 4.78 is 0. The lowest BCUT2D eigenvalue weighted by Gasteiger charge is -2.09. The normalized spacial score (nSPS) is 15.6. The van der Waals surface area contributed by atoms with Crippen molar-refractivity contribution in [3.8, 4) is 0 Å². The van der Waals surface area contributed by atoms with Crippen molar-refractivity contribution in [2.45, 2.75) is 48.7 Å². The zero-order valence-corrected chi connectivity index (χ0v) is 12.6. The van der Waals surface area contributed by atoms with Crippen molar-refractivity contribution in [3.05, 3.63) is 24.3 Å². The standard InChI is InChI=1S/C15H20ClNOS/c16-11-3-6-15(18)17-12-7-9-14(10-8-12)19-13-4-1-2-5-13/h7-10,13H,1-6,11H2,(H,17,18).